The molecular weight excluding hydrogens is 514 g/mol. The van der Waals surface area contributed by atoms with E-state index in [0.29, 0.717) is 16.3 Å². The Morgan fingerprint density at radius 2 is 1.21 bits per heavy atom. The first-order valence-corrected chi connectivity index (χ1v) is 12.9. The number of benzene rings is 4. The van der Waals surface area contributed by atoms with Gasteiger partial charge < -0.3 is 4.74 Å². The summed E-state index contributed by atoms with van der Waals surface area (Å²) >= 11 is 6.09. The second-order valence-electron chi connectivity index (χ2n) is 9.96. The molecule has 3 aliphatic rings. The largest absolute Gasteiger partial charge is 0.349 e. The molecule has 6 nitrogen and oxygen atoms in total. The molecule has 7 rings (SSSR count). The topological polar surface area (TPSA) is 80.8 Å². The number of rotatable bonds is 3. The van der Waals surface area contributed by atoms with Gasteiger partial charge in [0.25, 0.3) is 0 Å². The van der Waals surface area contributed by atoms with Gasteiger partial charge in [0.15, 0.2) is 0 Å². The maximum Gasteiger partial charge on any atom is 0.241 e. The minimum atomic E-state index is -2.11. The zero-order valence-electron chi connectivity index (χ0n) is 20.4. The minimum absolute atomic E-state index is 0.198. The van der Waals surface area contributed by atoms with Crippen LogP contribution in [0.25, 0.3) is 11.1 Å². The van der Waals surface area contributed by atoms with Gasteiger partial charge in [0, 0.05) is 16.1 Å². The van der Waals surface area contributed by atoms with Crippen molar-refractivity contribution in [1.29, 1.82) is 0 Å². The lowest BCUT2D eigenvalue weighted by atomic mass is 9.77. The van der Waals surface area contributed by atoms with Crippen molar-refractivity contribution in [2.24, 2.45) is 11.8 Å². The summed E-state index contributed by atoms with van der Waals surface area (Å²) in [6.45, 7) is 0. The van der Waals surface area contributed by atoms with Gasteiger partial charge in [-0.3, -0.25) is 19.2 Å². The van der Waals surface area contributed by atoms with Crippen molar-refractivity contribution < 1.29 is 23.9 Å². The van der Waals surface area contributed by atoms with Gasteiger partial charge >= 0.3 is 0 Å². The number of ketones is 2. The van der Waals surface area contributed by atoms with Crippen LogP contribution in [-0.2, 0) is 14.3 Å². The summed E-state index contributed by atoms with van der Waals surface area (Å²) < 4.78 is 6.30. The summed E-state index contributed by atoms with van der Waals surface area (Å²) in [6.07, 6.45) is -0.987. The van der Waals surface area contributed by atoms with E-state index in [0.717, 1.165) is 16.0 Å². The molecule has 2 fully saturated rings. The van der Waals surface area contributed by atoms with Crippen LogP contribution in [0.15, 0.2) is 103 Å². The molecular formula is C32H20ClNO5. The van der Waals surface area contributed by atoms with E-state index in [4.69, 9.17) is 16.3 Å². The fourth-order valence-corrected chi connectivity index (χ4v) is 6.28. The Morgan fingerprint density at radius 1 is 0.641 bits per heavy atom. The number of hydrogen-bond acceptors (Lipinski definition) is 5. The van der Waals surface area contributed by atoms with E-state index in [1.165, 1.54) is 0 Å². The van der Waals surface area contributed by atoms with Gasteiger partial charge in [0.05, 0.1) is 23.6 Å². The third-order valence-corrected chi connectivity index (χ3v) is 8.20. The second kappa shape index (κ2) is 8.56. The van der Waals surface area contributed by atoms with E-state index < -0.39 is 46.9 Å². The number of hydrogen-bond donors (Lipinski definition) is 0. The van der Waals surface area contributed by atoms with Gasteiger partial charge in [-0.1, -0.05) is 90.5 Å². The van der Waals surface area contributed by atoms with Crippen LogP contribution >= 0.6 is 11.6 Å². The predicted octanol–water partition coefficient (Wildman–Crippen LogP) is 5.70. The van der Waals surface area contributed by atoms with Gasteiger partial charge in [-0.25, -0.2) is 4.90 Å². The van der Waals surface area contributed by atoms with E-state index in [-0.39, 0.29) is 11.1 Å². The van der Waals surface area contributed by atoms with Crippen molar-refractivity contribution in [2.75, 3.05) is 4.90 Å². The summed E-state index contributed by atoms with van der Waals surface area (Å²) in [5.41, 5.74) is 1.14. The Labute approximate surface area is 228 Å². The van der Waals surface area contributed by atoms with Crippen LogP contribution in [0.1, 0.15) is 32.4 Å². The molecule has 0 aromatic heterocycles. The van der Waals surface area contributed by atoms with Gasteiger partial charge in [-0.05, 0) is 41.0 Å². The molecule has 0 radical (unpaired) electrons. The molecule has 1 spiro atoms. The lowest BCUT2D eigenvalue weighted by Crippen LogP contribution is -2.51. The molecule has 190 valence electrons. The van der Waals surface area contributed by atoms with Gasteiger partial charge in [-0.2, -0.15) is 0 Å². The Morgan fingerprint density at radius 3 is 1.82 bits per heavy atom. The minimum Gasteiger partial charge on any atom is -0.349 e. The standard InChI is InChI=1S/C32H20ClNO5/c33-21-14-10-20(11-15-21)27-25-26(32(39-27)28(35)23-8-4-5-9-24(23)29(32)36)31(38)34(30(25)37)22-16-12-19(13-17-22)18-6-2-1-3-7-18/h1-17,25-27H/t25-,26+,27-/m1/s1. The van der Waals surface area contributed by atoms with Crippen LogP contribution in [0.5, 0.6) is 0 Å². The molecule has 4 aromatic carbocycles. The average molecular weight is 534 g/mol. The molecule has 0 bridgehead atoms. The Hall–Kier alpha value is -4.39. The van der Waals surface area contributed by atoms with Crippen LogP contribution in [0.3, 0.4) is 0 Å². The number of fused-ring (bicyclic) bond motifs is 3. The fraction of sp³-hybridized carbons (Fsp3) is 0.125. The number of imide groups is 1. The molecule has 2 heterocycles. The molecule has 0 saturated carbocycles. The lowest BCUT2D eigenvalue weighted by molar-refractivity contribution is -0.127. The van der Waals surface area contributed by atoms with Gasteiger partial charge in [-0.15, -0.1) is 0 Å². The summed E-state index contributed by atoms with van der Waals surface area (Å²) in [7, 11) is 0. The third kappa shape index (κ3) is 3.25. The highest BCUT2D eigenvalue weighted by molar-refractivity contribution is 6.37. The van der Waals surface area contributed by atoms with E-state index in [2.05, 4.69) is 0 Å². The van der Waals surface area contributed by atoms with E-state index in [1.54, 1.807) is 60.7 Å². The summed E-state index contributed by atoms with van der Waals surface area (Å²) in [5.74, 6) is -4.66. The van der Waals surface area contributed by atoms with Gasteiger partial charge in [0.1, 0.15) is 0 Å². The first-order chi connectivity index (χ1) is 18.9. The predicted molar refractivity (Wildman–Crippen MR) is 144 cm³/mol. The molecule has 0 N–H and O–H groups in total. The first-order valence-electron chi connectivity index (χ1n) is 12.6. The Kier molecular flexibility index (Phi) is 5.20. The van der Waals surface area contributed by atoms with E-state index in [9.17, 15) is 19.2 Å². The number of nitrogens with zero attached hydrogens (tertiary/aromatic N) is 1. The van der Waals surface area contributed by atoms with Crippen LogP contribution in [0.2, 0.25) is 5.02 Å². The number of amides is 2. The lowest BCUT2D eigenvalue weighted by Gasteiger charge is -2.27. The van der Waals surface area contributed by atoms with Crippen molar-refractivity contribution in [3.8, 4) is 11.1 Å². The Bertz CT molecular complexity index is 1650. The van der Waals surface area contributed by atoms with Crippen molar-refractivity contribution in [2.45, 2.75) is 11.7 Å². The van der Waals surface area contributed by atoms with Crippen LogP contribution in [-0.4, -0.2) is 29.0 Å². The van der Waals surface area contributed by atoms with Crippen molar-refractivity contribution in [1.82, 2.24) is 0 Å². The second-order valence-corrected chi connectivity index (χ2v) is 10.4. The maximum absolute atomic E-state index is 14.1. The number of ether oxygens (including phenoxy) is 1. The Balaban J connectivity index is 1.34. The normalized spacial score (nSPS) is 23.0. The first kappa shape index (κ1) is 23.7. The van der Waals surface area contributed by atoms with Crippen molar-refractivity contribution >= 4 is 40.7 Å². The number of carbonyl (C=O) groups excluding carboxylic acids is 4. The summed E-state index contributed by atoms with van der Waals surface area (Å²) in [6, 6.07) is 29.9. The van der Waals surface area contributed by atoms with Crippen LogP contribution in [0.4, 0.5) is 5.69 Å². The quantitative estimate of drug-likeness (QED) is 0.249. The van der Waals surface area contributed by atoms with Crippen LogP contribution in [0, 0.1) is 11.8 Å². The van der Waals surface area contributed by atoms with Crippen LogP contribution < -0.4 is 4.90 Å². The molecule has 2 amide bonds. The molecule has 2 aliphatic heterocycles. The number of Topliss-reactive ketones (excluding diaryl/α,β-unsaturated/α-hetero) is 2. The molecule has 3 atom stereocenters. The summed E-state index contributed by atoms with van der Waals surface area (Å²) in [5, 5.41) is 0.484. The molecule has 39 heavy (non-hydrogen) atoms. The highest BCUT2D eigenvalue weighted by Gasteiger charge is 2.74. The maximum atomic E-state index is 14.1. The molecule has 2 saturated heterocycles. The van der Waals surface area contributed by atoms with Gasteiger partial charge in [0.2, 0.25) is 29.0 Å². The fourth-order valence-electron chi connectivity index (χ4n) is 6.16. The SMILES string of the molecule is O=C1[C@H]2[C@@H](c3ccc(Cl)cc3)OC3(C(=O)c4ccccc4C3=O)[C@@H]2C(=O)N1c1ccc(-c2ccccc2)cc1. The monoisotopic (exact) mass is 533 g/mol. The highest BCUT2D eigenvalue weighted by atomic mass is 35.5. The molecule has 0 unspecified atom stereocenters. The number of carbonyl (C=O) groups is 4. The van der Waals surface area contributed by atoms with Crippen molar-refractivity contribution in [3.05, 3.63) is 125 Å². The zero-order chi connectivity index (χ0) is 26.9. The molecule has 7 heteroatoms. The average Bonchev–Trinajstić information content (AvgIpc) is 3.54. The van der Waals surface area contributed by atoms with Crippen molar-refractivity contribution in [3.63, 3.8) is 0 Å². The van der Waals surface area contributed by atoms with E-state index in [1.807, 2.05) is 42.5 Å². The third-order valence-electron chi connectivity index (χ3n) is 7.95. The number of halogens is 1. The van der Waals surface area contributed by atoms with E-state index >= 15 is 0 Å². The smallest absolute Gasteiger partial charge is 0.241 e. The highest BCUT2D eigenvalue weighted by Crippen LogP contribution is 2.57. The molecule has 1 aliphatic carbocycles. The summed E-state index contributed by atoms with van der Waals surface area (Å²) in [4.78, 5) is 56.9. The number of anilines is 1. The molecule has 4 aromatic rings. The zero-order valence-corrected chi connectivity index (χ0v) is 21.2.